The first-order valence-electron chi connectivity index (χ1n) is 20.2. The molecule has 0 spiro atoms. The van der Waals surface area contributed by atoms with Gasteiger partial charge in [0, 0.05) is 71.2 Å². The van der Waals surface area contributed by atoms with Gasteiger partial charge in [-0.15, -0.1) is 0 Å². The molecule has 4 aromatic carbocycles. The Balaban J connectivity index is 0.000000180. The number of halogens is 6. The Hall–Kier alpha value is -5.46. The fraction of sp³-hybridized carbons (Fsp3) is 0.289. The fourth-order valence-corrected chi connectivity index (χ4v) is 7.38. The van der Waals surface area contributed by atoms with Crippen LogP contribution in [0.5, 0.6) is 11.5 Å². The Morgan fingerprint density at radius 3 is 1.54 bits per heavy atom. The molecule has 8 rings (SSSR count). The van der Waals surface area contributed by atoms with Crippen LogP contribution in [0.1, 0.15) is 46.8 Å². The minimum absolute atomic E-state index is 0.000977. The molecule has 0 unspecified atom stereocenters. The Kier molecular flexibility index (Phi) is 17.4. The molecular formula is C45H43Cl4F2N5O9. The summed E-state index contributed by atoms with van der Waals surface area (Å²) in [6.45, 7) is 2.52. The number of nitrogens with zero attached hydrogens (tertiary/aromatic N) is 2. The number of rotatable bonds is 12. The molecule has 14 nitrogen and oxygen atoms in total. The van der Waals surface area contributed by atoms with Crippen LogP contribution in [0.4, 0.5) is 8.78 Å². The Labute approximate surface area is 391 Å². The molecule has 0 aliphatic carbocycles. The highest BCUT2D eigenvalue weighted by Crippen LogP contribution is 2.26. The molecule has 0 radical (unpaired) electrons. The van der Waals surface area contributed by atoms with Crippen LogP contribution in [0.15, 0.2) is 93.8 Å². The van der Waals surface area contributed by atoms with Gasteiger partial charge in [0.15, 0.2) is 23.9 Å². The Morgan fingerprint density at radius 1 is 0.646 bits per heavy atom. The lowest BCUT2D eigenvalue weighted by Crippen LogP contribution is -2.46. The minimum Gasteiger partial charge on any atom is -0.486 e. The summed E-state index contributed by atoms with van der Waals surface area (Å²) in [6, 6.07) is 21.8. The van der Waals surface area contributed by atoms with Crippen molar-refractivity contribution in [2.75, 3.05) is 45.9 Å². The van der Waals surface area contributed by atoms with Crippen LogP contribution in [0.25, 0.3) is 21.9 Å². The minimum atomic E-state index is -1.12. The molecule has 2 saturated heterocycles. The number of likely N-dealkylation sites (tertiary alicyclic amines) is 1. The number of nitrogens with one attached hydrogen (secondary N) is 2. The topological polar surface area (TPSA) is 190 Å². The van der Waals surface area contributed by atoms with E-state index < -0.39 is 24.2 Å². The number of carbonyl (C=O) groups excluding carboxylic acids is 3. The van der Waals surface area contributed by atoms with Gasteiger partial charge >= 0.3 is 5.97 Å². The molecule has 5 N–H and O–H groups in total. The van der Waals surface area contributed by atoms with Crippen molar-refractivity contribution in [2.24, 2.45) is 5.84 Å². The highest BCUT2D eigenvalue weighted by atomic mass is 35.5. The van der Waals surface area contributed by atoms with Crippen molar-refractivity contribution in [1.29, 1.82) is 0 Å². The lowest BCUT2D eigenvalue weighted by atomic mass is 10.0. The molecule has 2 aliphatic heterocycles. The number of hydrogen-bond donors (Lipinski definition) is 4. The molecule has 344 valence electrons. The van der Waals surface area contributed by atoms with Gasteiger partial charge in [-0.1, -0.05) is 46.4 Å². The highest BCUT2D eigenvalue weighted by molar-refractivity contribution is 6.32. The number of amides is 2. The normalized spacial score (nSPS) is 14.8. The quantitative estimate of drug-likeness (QED) is 0.0855. The zero-order chi connectivity index (χ0) is 46.6. The van der Waals surface area contributed by atoms with E-state index in [2.05, 4.69) is 10.6 Å². The van der Waals surface area contributed by atoms with E-state index in [1.54, 1.807) is 53.5 Å². The molecule has 4 heterocycles. The van der Waals surface area contributed by atoms with E-state index in [0.717, 1.165) is 48.8 Å². The van der Waals surface area contributed by atoms with Crippen molar-refractivity contribution >= 4 is 91.9 Å². The van der Waals surface area contributed by atoms with E-state index >= 15 is 0 Å². The zero-order valence-electron chi connectivity index (χ0n) is 34.5. The maximum Gasteiger partial charge on any atom is 0.341 e. The second-order valence-corrected chi connectivity index (χ2v) is 16.7. The average molecular weight is 978 g/mol. The number of fused-ring (bicyclic) bond motifs is 2. The number of nitrogens with two attached hydrogens (primary N) is 1. The van der Waals surface area contributed by atoms with Crippen LogP contribution in [0.3, 0.4) is 0 Å². The van der Waals surface area contributed by atoms with Crippen molar-refractivity contribution in [3.05, 3.63) is 128 Å². The summed E-state index contributed by atoms with van der Waals surface area (Å²) in [6.07, 6.45) is 3.14. The number of hydrazine groups is 1. The third-order valence-electron chi connectivity index (χ3n) is 10.1. The van der Waals surface area contributed by atoms with Crippen LogP contribution in [-0.4, -0.2) is 96.6 Å². The number of furan rings is 2. The summed E-state index contributed by atoms with van der Waals surface area (Å²) >= 11 is 22.9. The van der Waals surface area contributed by atoms with Gasteiger partial charge in [-0.05, 0) is 98.5 Å². The Morgan fingerprint density at radius 2 is 1.09 bits per heavy atom. The zero-order valence-corrected chi connectivity index (χ0v) is 37.5. The summed E-state index contributed by atoms with van der Waals surface area (Å²) in [5, 5.41) is 18.8. The van der Waals surface area contributed by atoms with E-state index in [-0.39, 0.29) is 70.1 Å². The number of Topliss-reactive ketones (excluding diaryl/α,β-unsaturated/α-hetero) is 1. The number of hydrogen-bond acceptors (Lipinski definition) is 11. The first-order valence-corrected chi connectivity index (χ1v) is 21.7. The maximum atomic E-state index is 13.4. The van der Waals surface area contributed by atoms with Gasteiger partial charge in [0.2, 0.25) is 0 Å². The summed E-state index contributed by atoms with van der Waals surface area (Å²) in [4.78, 5) is 49.0. The van der Waals surface area contributed by atoms with E-state index in [9.17, 15) is 28.0 Å². The van der Waals surface area contributed by atoms with Crippen LogP contribution >= 0.6 is 46.4 Å². The molecule has 2 amide bonds. The number of carbonyl (C=O) groups is 4. The number of aliphatic carboxylic acids is 1. The third kappa shape index (κ3) is 14.8. The molecule has 6 aromatic rings. The first-order chi connectivity index (χ1) is 31.1. The van der Waals surface area contributed by atoms with Crippen LogP contribution in [0, 0.1) is 11.6 Å². The third-order valence-corrected chi connectivity index (χ3v) is 11.2. The van der Waals surface area contributed by atoms with Gasteiger partial charge in [0.1, 0.15) is 40.9 Å². The lowest BCUT2D eigenvalue weighted by Gasteiger charge is -2.31. The summed E-state index contributed by atoms with van der Waals surface area (Å²) in [5.41, 5.74) is 1.27. The highest BCUT2D eigenvalue weighted by Gasteiger charge is 2.25. The fourth-order valence-electron chi connectivity index (χ4n) is 6.78. The van der Waals surface area contributed by atoms with Gasteiger partial charge in [0.25, 0.3) is 11.8 Å². The SMILES string of the molecule is NN1CCC(NC(=O)c2cc3cc(Cl)ccc3o2)CC1.O=C(COc1ccc(Cl)c(F)c1)CN1CCC(NC(=O)c2cc3cc(Cl)ccc3o2)CC1.O=C(O)COc1ccc(Cl)c(F)c1. The Bertz CT molecular complexity index is 2630. The standard InChI is InChI=1S/C23H21Cl2FN2O4.C14H16ClN3O2.C8H6ClFO3/c24-15-1-4-21-14(9-15)10-22(32-21)23(30)27-16-5-7-28(8-6-16)12-17(29)13-31-18-2-3-19(25)20(26)11-18;15-10-1-2-12-9(7-10)8-13(20-12)14(19)17-11-3-5-18(16)6-4-11;9-6-2-1-5(3-7(6)10)13-4-8(11)12/h1-4,9-11,16H,5-8,12-13H2,(H,27,30);1-2,7-8,11H,3-6,16H2,(H,17,19);1-3H,4H2,(H,11,12). The number of carboxylic acid groups (broad SMARTS) is 1. The second kappa shape index (κ2) is 23.1. The van der Waals surface area contributed by atoms with Gasteiger partial charge in [0.05, 0.1) is 16.6 Å². The molecule has 0 atom stereocenters. The second-order valence-electron chi connectivity index (χ2n) is 15.1. The molecule has 65 heavy (non-hydrogen) atoms. The molecule has 20 heteroatoms. The number of benzene rings is 4. The van der Waals surface area contributed by atoms with Gasteiger partial charge in [-0.3, -0.25) is 25.1 Å². The van der Waals surface area contributed by atoms with Crippen LogP contribution in [0.2, 0.25) is 20.1 Å². The smallest absolute Gasteiger partial charge is 0.341 e. The molecular weight excluding hydrogens is 934 g/mol. The lowest BCUT2D eigenvalue weighted by molar-refractivity contribution is -0.139. The van der Waals surface area contributed by atoms with Crippen molar-refractivity contribution < 1.29 is 51.4 Å². The van der Waals surface area contributed by atoms with Gasteiger partial charge in [-0.25, -0.2) is 18.6 Å². The number of ether oxygens (including phenoxy) is 2. The van der Waals surface area contributed by atoms with Gasteiger partial charge in [-0.2, -0.15) is 0 Å². The van der Waals surface area contributed by atoms with E-state index in [4.69, 9.17) is 75.7 Å². The average Bonchev–Trinajstić information content (AvgIpc) is 3.91. The van der Waals surface area contributed by atoms with E-state index in [1.165, 1.54) is 24.3 Å². The largest absolute Gasteiger partial charge is 0.486 e. The number of ketones is 1. The molecule has 2 fully saturated rings. The summed E-state index contributed by atoms with van der Waals surface area (Å²) < 4.78 is 47.4. The maximum absolute atomic E-state index is 13.4. The van der Waals surface area contributed by atoms with E-state index in [0.29, 0.717) is 52.9 Å². The van der Waals surface area contributed by atoms with Gasteiger partial charge < -0.3 is 34.0 Å². The van der Waals surface area contributed by atoms with Crippen LogP contribution < -0.4 is 25.9 Å². The molecule has 0 bridgehead atoms. The summed E-state index contributed by atoms with van der Waals surface area (Å²) in [7, 11) is 0. The predicted molar refractivity (Wildman–Crippen MR) is 242 cm³/mol. The monoisotopic (exact) mass is 975 g/mol. The predicted octanol–water partition coefficient (Wildman–Crippen LogP) is 8.82. The molecule has 2 aliphatic rings. The first kappa shape index (κ1) is 49.0. The van der Waals surface area contributed by atoms with Crippen molar-refractivity contribution in [3.63, 3.8) is 0 Å². The van der Waals surface area contributed by atoms with E-state index in [1.807, 2.05) is 4.90 Å². The molecule has 2 aromatic heterocycles. The number of carboxylic acids is 1. The van der Waals surface area contributed by atoms with Crippen LogP contribution in [-0.2, 0) is 9.59 Å². The van der Waals surface area contributed by atoms with Crippen molar-refractivity contribution in [3.8, 4) is 11.5 Å². The van der Waals surface area contributed by atoms with Crippen molar-refractivity contribution in [2.45, 2.75) is 37.8 Å². The summed E-state index contributed by atoms with van der Waals surface area (Å²) in [5.74, 6) is 3.75. The number of piperidine rings is 2. The van der Waals surface area contributed by atoms with Crippen molar-refractivity contribution in [1.82, 2.24) is 20.5 Å². The molecule has 0 saturated carbocycles.